The Morgan fingerprint density at radius 1 is 0.931 bits per heavy atom. The first kappa shape index (κ1) is 20.4. The number of anilines is 1. The fourth-order valence-electron chi connectivity index (χ4n) is 2.85. The zero-order valence-corrected chi connectivity index (χ0v) is 17.2. The average molecular weight is 390 g/mol. The van der Waals surface area contributed by atoms with Crippen molar-refractivity contribution in [1.29, 1.82) is 0 Å². The van der Waals surface area contributed by atoms with E-state index in [4.69, 9.17) is 9.47 Å². The number of aromatic nitrogens is 1. The second kappa shape index (κ2) is 9.24. The Kier molecular flexibility index (Phi) is 6.50. The van der Waals surface area contributed by atoms with Crippen LogP contribution in [0.15, 0.2) is 60.7 Å². The quantitative estimate of drug-likeness (QED) is 0.555. The lowest BCUT2D eigenvalue weighted by Gasteiger charge is -2.11. The van der Waals surface area contributed by atoms with Gasteiger partial charge in [-0.1, -0.05) is 6.92 Å². The minimum atomic E-state index is -0.174. The predicted octanol–water partition coefficient (Wildman–Crippen LogP) is 5.78. The van der Waals surface area contributed by atoms with E-state index in [1.54, 1.807) is 0 Å². The van der Waals surface area contributed by atoms with E-state index >= 15 is 0 Å². The van der Waals surface area contributed by atoms with E-state index in [0.717, 1.165) is 29.3 Å². The lowest BCUT2D eigenvalue weighted by atomic mass is 10.1. The summed E-state index contributed by atoms with van der Waals surface area (Å²) in [5.41, 5.74) is 2.98. The van der Waals surface area contributed by atoms with Gasteiger partial charge in [0.25, 0.3) is 5.91 Å². The van der Waals surface area contributed by atoms with E-state index in [2.05, 4.69) is 10.3 Å². The van der Waals surface area contributed by atoms with Crippen LogP contribution in [0.3, 0.4) is 0 Å². The van der Waals surface area contributed by atoms with Gasteiger partial charge in [-0.05, 0) is 87.9 Å². The molecule has 0 aliphatic carbocycles. The van der Waals surface area contributed by atoms with Crippen LogP contribution in [0.1, 0.15) is 42.5 Å². The summed E-state index contributed by atoms with van der Waals surface area (Å²) in [7, 11) is 0. The highest BCUT2D eigenvalue weighted by atomic mass is 16.5. The van der Waals surface area contributed by atoms with Crippen molar-refractivity contribution in [2.24, 2.45) is 0 Å². The van der Waals surface area contributed by atoms with E-state index < -0.39 is 0 Å². The highest BCUT2D eigenvalue weighted by molar-refractivity contribution is 6.05. The molecule has 2 aromatic carbocycles. The number of amides is 1. The van der Waals surface area contributed by atoms with Crippen molar-refractivity contribution in [3.05, 3.63) is 77.6 Å². The predicted molar refractivity (Wildman–Crippen MR) is 115 cm³/mol. The second-order valence-corrected chi connectivity index (χ2v) is 7.01. The maximum atomic E-state index is 12.5. The van der Waals surface area contributed by atoms with Gasteiger partial charge in [-0.15, -0.1) is 0 Å². The van der Waals surface area contributed by atoms with Gasteiger partial charge in [0.15, 0.2) is 0 Å². The molecule has 0 bridgehead atoms. The summed E-state index contributed by atoms with van der Waals surface area (Å²) in [5, 5.41) is 2.90. The third-order valence-corrected chi connectivity index (χ3v) is 4.29. The molecule has 0 aliphatic heterocycles. The zero-order valence-electron chi connectivity index (χ0n) is 17.2. The van der Waals surface area contributed by atoms with Crippen molar-refractivity contribution in [2.45, 2.75) is 40.2 Å². The van der Waals surface area contributed by atoms with Gasteiger partial charge in [0.05, 0.1) is 17.4 Å². The molecule has 0 unspecified atom stereocenters. The first-order valence-corrected chi connectivity index (χ1v) is 9.77. The molecule has 0 saturated carbocycles. The van der Waals surface area contributed by atoms with E-state index in [-0.39, 0.29) is 12.0 Å². The summed E-state index contributed by atoms with van der Waals surface area (Å²) in [6, 6.07) is 18.5. The van der Waals surface area contributed by atoms with Crippen molar-refractivity contribution in [3.8, 4) is 17.2 Å². The Hall–Kier alpha value is -3.34. The van der Waals surface area contributed by atoms with Crippen LogP contribution in [-0.4, -0.2) is 17.0 Å². The number of aryl methyl sites for hydroxylation is 2. The molecule has 1 aromatic heterocycles. The fraction of sp³-hybridized carbons (Fsp3) is 0.250. The van der Waals surface area contributed by atoms with Gasteiger partial charge in [0.1, 0.15) is 17.2 Å². The zero-order chi connectivity index (χ0) is 20.8. The van der Waals surface area contributed by atoms with Crippen LogP contribution in [-0.2, 0) is 6.42 Å². The number of hydrogen-bond donors (Lipinski definition) is 1. The Morgan fingerprint density at radius 2 is 1.52 bits per heavy atom. The van der Waals surface area contributed by atoms with Crippen LogP contribution in [0.4, 0.5) is 5.69 Å². The van der Waals surface area contributed by atoms with Gasteiger partial charge >= 0.3 is 0 Å². The van der Waals surface area contributed by atoms with Crippen LogP contribution < -0.4 is 14.8 Å². The average Bonchev–Trinajstić information content (AvgIpc) is 2.70. The summed E-state index contributed by atoms with van der Waals surface area (Å²) in [4.78, 5) is 17.0. The summed E-state index contributed by atoms with van der Waals surface area (Å²) in [6.45, 7) is 7.87. The van der Waals surface area contributed by atoms with Crippen LogP contribution in [0.2, 0.25) is 0 Å². The van der Waals surface area contributed by atoms with Crippen LogP contribution in [0.25, 0.3) is 0 Å². The van der Waals surface area contributed by atoms with Gasteiger partial charge in [-0.3, -0.25) is 9.78 Å². The lowest BCUT2D eigenvalue weighted by Crippen LogP contribution is -2.14. The van der Waals surface area contributed by atoms with Gasteiger partial charge in [0.2, 0.25) is 0 Å². The Morgan fingerprint density at radius 3 is 2.07 bits per heavy atom. The lowest BCUT2D eigenvalue weighted by molar-refractivity contribution is 0.102. The Labute approximate surface area is 171 Å². The number of nitrogens with zero attached hydrogens (tertiary/aromatic N) is 1. The molecule has 0 saturated heterocycles. The van der Waals surface area contributed by atoms with Crippen LogP contribution in [0, 0.1) is 6.92 Å². The molecular weight excluding hydrogens is 364 g/mol. The van der Waals surface area contributed by atoms with Gasteiger partial charge in [0, 0.05) is 11.4 Å². The number of carbonyl (C=O) groups excluding carboxylic acids is 1. The molecule has 3 aromatic rings. The van der Waals surface area contributed by atoms with Gasteiger partial charge in [-0.25, -0.2) is 0 Å². The Bertz CT molecular complexity index is 964. The largest absolute Gasteiger partial charge is 0.491 e. The van der Waals surface area contributed by atoms with Gasteiger partial charge in [-0.2, -0.15) is 0 Å². The number of benzene rings is 2. The Balaban J connectivity index is 1.62. The van der Waals surface area contributed by atoms with Crippen molar-refractivity contribution in [3.63, 3.8) is 0 Å². The summed E-state index contributed by atoms with van der Waals surface area (Å²) >= 11 is 0. The SMILES string of the molecule is CCc1ccc(C(=O)Nc2ccc(Oc3ccc(OC(C)C)cc3)cc2)c(C)n1. The standard InChI is InChI=1S/C24H26N2O3/c1-5-18-8-15-23(17(4)25-18)24(27)26-19-6-9-21(10-7-19)29-22-13-11-20(12-14-22)28-16(2)3/h6-16H,5H2,1-4H3,(H,26,27). The molecule has 5 heteroatoms. The molecule has 0 fully saturated rings. The van der Waals surface area contributed by atoms with Crippen molar-refractivity contribution in [2.75, 3.05) is 5.32 Å². The molecule has 1 heterocycles. The molecular formula is C24H26N2O3. The second-order valence-electron chi connectivity index (χ2n) is 7.01. The molecule has 150 valence electrons. The van der Waals surface area contributed by atoms with E-state index in [1.165, 1.54) is 0 Å². The smallest absolute Gasteiger partial charge is 0.257 e. The van der Waals surface area contributed by atoms with Crippen LogP contribution in [0.5, 0.6) is 17.2 Å². The molecule has 3 rings (SSSR count). The number of carbonyl (C=O) groups is 1. The number of pyridine rings is 1. The minimum Gasteiger partial charge on any atom is -0.491 e. The number of rotatable bonds is 7. The summed E-state index contributed by atoms with van der Waals surface area (Å²) < 4.78 is 11.5. The summed E-state index contributed by atoms with van der Waals surface area (Å²) in [5.74, 6) is 2.04. The molecule has 29 heavy (non-hydrogen) atoms. The van der Waals surface area contributed by atoms with Crippen LogP contribution >= 0.6 is 0 Å². The van der Waals surface area contributed by atoms with E-state index in [1.807, 2.05) is 88.4 Å². The summed E-state index contributed by atoms with van der Waals surface area (Å²) in [6.07, 6.45) is 0.978. The topological polar surface area (TPSA) is 60.5 Å². The highest BCUT2D eigenvalue weighted by Gasteiger charge is 2.11. The number of hydrogen-bond acceptors (Lipinski definition) is 4. The van der Waals surface area contributed by atoms with Crippen molar-refractivity contribution >= 4 is 11.6 Å². The third kappa shape index (κ3) is 5.57. The highest BCUT2D eigenvalue weighted by Crippen LogP contribution is 2.25. The minimum absolute atomic E-state index is 0.133. The molecule has 1 amide bonds. The van der Waals surface area contributed by atoms with E-state index in [0.29, 0.717) is 17.0 Å². The maximum absolute atomic E-state index is 12.5. The van der Waals surface area contributed by atoms with Gasteiger partial charge < -0.3 is 14.8 Å². The van der Waals surface area contributed by atoms with E-state index in [9.17, 15) is 4.79 Å². The molecule has 0 atom stereocenters. The third-order valence-electron chi connectivity index (χ3n) is 4.29. The molecule has 1 N–H and O–H groups in total. The first-order valence-electron chi connectivity index (χ1n) is 9.77. The molecule has 0 aliphatic rings. The first-order chi connectivity index (χ1) is 13.9. The van der Waals surface area contributed by atoms with Crippen molar-refractivity contribution < 1.29 is 14.3 Å². The normalized spacial score (nSPS) is 10.7. The molecule has 5 nitrogen and oxygen atoms in total. The number of nitrogens with one attached hydrogen (secondary N) is 1. The monoisotopic (exact) mass is 390 g/mol. The fourth-order valence-corrected chi connectivity index (χ4v) is 2.85. The molecule has 0 spiro atoms. The molecule has 0 radical (unpaired) electrons. The maximum Gasteiger partial charge on any atom is 0.257 e. The number of ether oxygens (including phenoxy) is 2. The van der Waals surface area contributed by atoms with Crippen molar-refractivity contribution in [1.82, 2.24) is 4.98 Å².